The fourth-order valence-corrected chi connectivity index (χ4v) is 4.03. The number of carbonyl (C=O) groups excluding carboxylic acids is 2. The number of methoxy groups -OCH3 is 1. The third-order valence-corrected chi connectivity index (χ3v) is 6.03. The van der Waals surface area contributed by atoms with Gasteiger partial charge in [-0.05, 0) is 24.3 Å². The molecule has 0 saturated carbocycles. The van der Waals surface area contributed by atoms with Crippen molar-refractivity contribution < 1.29 is 36.3 Å². The normalized spacial score (nSPS) is 11.5. The summed E-state index contributed by atoms with van der Waals surface area (Å²) >= 11 is 0. The lowest BCUT2D eigenvalue weighted by Crippen LogP contribution is -2.31. The van der Waals surface area contributed by atoms with Crippen molar-refractivity contribution in [2.24, 2.45) is 0 Å². The second kappa shape index (κ2) is 8.98. The molecule has 28 heavy (non-hydrogen) atoms. The molecule has 2 aromatic rings. The van der Waals surface area contributed by atoms with Gasteiger partial charge in [0.25, 0.3) is 0 Å². The lowest BCUT2D eigenvalue weighted by molar-refractivity contribution is 0.0453. The van der Waals surface area contributed by atoms with Gasteiger partial charge in [0.1, 0.15) is 17.3 Å². The first-order chi connectivity index (χ1) is 13.3. The fourth-order valence-electron chi connectivity index (χ4n) is 2.48. The zero-order valence-electron chi connectivity index (χ0n) is 15.6. The van der Waals surface area contributed by atoms with Gasteiger partial charge < -0.3 is 13.9 Å². The molecular weight excluding hydrogens is 393 g/mol. The van der Waals surface area contributed by atoms with Gasteiger partial charge in [0.05, 0.1) is 18.9 Å². The highest BCUT2D eigenvalue weighted by Gasteiger charge is 2.27. The maximum atomic E-state index is 14.1. The Morgan fingerprint density at radius 1 is 1.14 bits per heavy atom. The predicted molar refractivity (Wildman–Crippen MR) is 95.7 cm³/mol. The third-order valence-electron chi connectivity index (χ3n) is 3.97. The highest BCUT2D eigenvalue weighted by atomic mass is 32.2. The summed E-state index contributed by atoms with van der Waals surface area (Å²) in [7, 11) is -2.92. The van der Waals surface area contributed by atoms with Crippen LogP contribution in [-0.4, -0.2) is 44.9 Å². The first kappa shape index (κ1) is 21.6. The van der Waals surface area contributed by atoms with Gasteiger partial charge in [-0.25, -0.2) is 22.4 Å². The van der Waals surface area contributed by atoms with Crippen molar-refractivity contribution in [3.05, 3.63) is 53.2 Å². The molecule has 1 aromatic carbocycles. The first-order valence-electron chi connectivity index (χ1n) is 8.37. The van der Waals surface area contributed by atoms with E-state index in [0.717, 1.165) is 22.5 Å². The van der Waals surface area contributed by atoms with Gasteiger partial charge in [-0.2, -0.15) is 4.31 Å². The Balaban J connectivity index is 2.24. The molecule has 0 bridgehead atoms. The number of rotatable bonds is 8. The molecule has 0 saturated heterocycles. The van der Waals surface area contributed by atoms with Crippen molar-refractivity contribution >= 4 is 22.0 Å². The molecule has 0 radical (unpaired) electrons. The van der Waals surface area contributed by atoms with Gasteiger partial charge in [-0.1, -0.05) is 13.8 Å². The lowest BCUT2D eigenvalue weighted by Gasteiger charge is -2.19. The SMILES string of the molecule is CCN(CC)S(=O)(=O)c1cc(C(=O)OCc2ccoc2C(=O)OC)ccc1F. The first-order valence-corrected chi connectivity index (χ1v) is 9.81. The molecule has 0 aliphatic carbocycles. The largest absolute Gasteiger partial charge is 0.463 e. The minimum atomic E-state index is -4.09. The minimum Gasteiger partial charge on any atom is -0.463 e. The quantitative estimate of drug-likeness (QED) is 0.613. The van der Waals surface area contributed by atoms with E-state index in [-0.39, 0.29) is 36.6 Å². The third kappa shape index (κ3) is 4.39. The van der Waals surface area contributed by atoms with Gasteiger partial charge in [0.2, 0.25) is 15.8 Å². The molecule has 1 aromatic heterocycles. The molecule has 0 unspecified atom stereocenters. The number of hydrogen-bond acceptors (Lipinski definition) is 7. The van der Waals surface area contributed by atoms with Crippen LogP contribution in [-0.2, 0) is 26.1 Å². The van der Waals surface area contributed by atoms with Gasteiger partial charge in [-0.3, -0.25) is 0 Å². The minimum absolute atomic E-state index is 0.112. The average molecular weight is 413 g/mol. The van der Waals surface area contributed by atoms with Crippen molar-refractivity contribution in [1.29, 1.82) is 0 Å². The molecular formula is C18H20FNO7S. The van der Waals surface area contributed by atoms with E-state index in [0.29, 0.717) is 0 Å². The van der Waals surface area contributed by atoms with Crippen molar-refractivity contribution in [1.82, 2.24) is 4.31 Å². The van der Waals surface area contributed by atoms with Crippen molar-refractivity contribution in [2.45, 2.75) is 25.3 Å². The van der Waals surface area contributed by atoms with Gasteiger partial charge in [0.15, 0.2) is 0 Å². The summed E-state index contributed by atoms with van der Waals surface area (Å²) in [6.45, 7) is 3.25. The topological polar surface area (TPSA) is 103 Å². The number of halogens is 1. The highest BCUT2D eigenvalue weighted by Crippen LogP contribution is 2.22. The van der Waals surface area contributed by atoms with E-state index in [2.05, 4.69) is 4.74 Å². The van der Waals surface area contributed by atoms with Gasteiger partial charge in [0, 0.05) is 18.7 Å². The molecule has 0 atom stereocenters. The number of carbonyl (C=O) groups is 2. The molecule has 0 spiro atoms. The lowest BCUT2D eigenvalue weighted by atomic mass is 10.2. The smallest absolute Gasteiger partial charge is 0.374 e. The van der Waals surface area contributed by atoms with Crippen molar-refractivity contribution in [2.75, 3.05) is 20.2 Å². The summed E-state index contributed by atoms with van der Waals surface area (Å²) in [6.07, 6.45) is 1.24. The second-order valence-electron chi connectivity index (χ2n) is 5.58. The van der Waals surface area contributed by atoms with E-state index in [1.54, 1.807) is 13.8 Å². The van der Waals surface area contributed by atoms with Crippen LogP contribution in [0.3, 0.4) is 0 Å². The maximum absolute atomic E-state index is 14.1. The number of sulfonamides is 1. The van der Waals surface area contributed by atoms with Crippen molar-refractivity contribution in [3.8, 4) is 0 Å². The number of benzene rings is 1. The molecule has 1 heterocycles. The molecule has 2 rings (SSSR count). The van der Waals surface area contributed by atoms with Crippen LogP contribution in [0.5, 0.6) is 0 Å². The van der Waals surface area contributed by atoms with E-state index in [1.807, 2.05) is 0 Å². The molecule has 0 amide bonds. The van der Waals surface area contributed by atoms with Crippen LogP contribution >= 0.6 is 0 Å². The predicted octanol–water partition coefficient (Wildman–Crippen LogP) is 2.59. The van der Waals surface area contributed by atoms with E-state index in [9.17, 15) is 22.4 Å². The summed E-state index contributed by atoms with van der Waals surface area (Å²) in [4.78, 5) is 23.2. The van der Waals surface area contributed by atoms with Crippen LogP contribution < -0.4 is 0 Å². The molecule has 0 aliphatic rings. The Bertz CT molecular complexity index is 964. The van der Waals surface area contributed by atoms with E-state index >= 15 is 0 Å². The van der Waals surface area contributed by atoms with Crippen LogP contribution in [0, 0.1) is 5.82 Å². The summed E-state index contributed by atoms with van der Waals surface area (Å²) in [5.41, 5.74) is 0.133. The van der Waals surface area contributed by atoms with Gasteiger partial charge in [-0.15, -0.1) is 0 Å². The molecule has 10 heteroatoms. The highest BCUT2D eigenvalue weighted by molar-refractivity contribution is 7.89. The molecule has 152 valence electrons. The number of furan rings is 1. The second-order valence-corrected chi connectivity index (χ2v) is 7.48. The van der Waals surface area contributed by atoms with Crippen LogP contribution in [0.2, 0.25) is 0 Å². The Labute approximate surface area is 161 Å². The zero-order chi connectivity index (χ0) is 20.9. The standard InChI is InChI=1S/C18H20FNO7S/c1-4-20(5-2)28(23,24)15-10-12(6-7-14(15)19)17(21)27-11-13-8-9-26-16(13)18(22)25-3/h6-10H,4-5,11H2,1-3H3. The number of hydrogen-bond donors (Lipinski definition) is 0. The van der Waals surface area contributed by atoms with Crippen LogP contribution in [0.15, 0.2) is 39.8 Å². The van der Waals surface area contributed by atoms with E-state index in [4.69, 9.17) is 9.15 Å². The molecule has 8 nitrogen and oxygen atoms in total. The van der Waals surface area contributed by atoms with E-state index < -0.39 is 32.7 Å². The van der Waals surface area contributed by atoms with Crippen LogP contribution in [0.1, 0.15) is 40.3 Å². The number of ether oxygens (including phenoxy) is 2. The summed E-state index contributed by atoms with van der Waals surface area (Å²) in [5, 5.41) is 0. The maximum Gasteiger partial charge on any atom is 0.374 e. The Kier molecular flexibility index (Phi) is 6.92. The van der Waals surface area contributed by atoms with Crippen molar-refractivity contribution in [3.63, 3.8) is 0 Å². The monoisotopic (exact) mass is 413 g/mol. The molecule has 0 aliphatic heterocycles. The Morgan fingerprint density at radius 3 is 2.43 bits per heavy atom. The average Bonchev–Trinajstić information content (AvgIpc) is 3.15. The summed E-state index contributed by atoms with van der Waals surface area (Å²) in [6, 6.07) is 4.38. The fraction of sp³-hybridized carbons (Fsp3) is 0.333. The molecule has 0 fully saturated rings. The summed E-state index contributed by atoms with van der Waals surface area (Å²) in [5.74, 6) is -2.69. The zero-order valence-corrected chi connectivity index (χ0v) is 16.4. The van der Waals surface area contributed by atoms with Crippen LogP contribution in [0.25, 0.3) is 0 Å². The van der Waals surface area contributed by atoms with E-state index in [1.165, 1.54) is 19.4 Å². The van der Waals surface area contributed by atoms with Gasteiger partial charge >= 0.3 is 11.9 Å². The Morgan fingerprint density at radius 2 is 1.82 bits per heavy atom. The van der Waals surface area contributed by atoms with Crippen LogP contribution in [0.4, 0.5) is 4.39 Å². The number of esters is 2. The Hall–Kier alpha value is -2.72. The summed E-state index contributed by atoms with van der Waals surface area (Å²) < 4.78 is 54.9. The molecule has 0 N–H and O–H groups in total. The number of nitrogens with zero attached hydrogens (tertiary/aromatic N) is 1.